The zero-order chi connectivity index (χ0) is 14.4. The van der Waals surface area contributed by atoms with Crippen LogP contribution in [0.3, 0.4) is 0 Å². The number of para-hydroxylation sites is 1. The van der Waals surface area contributed by atoms with Crippen molar-refractivity contribution in [2.24, 2.45) is 0 Å². The Bertz CT molecular complexity index is 556. The Balaban J connectivity index is 1.90. The molecule has 0 aliphatic heterocycles. The number of hydrogen-bond acceptors (Lipinski definition) is 2. The molecule has 0 spiro atoms. The lowest BCUT2D eigenvalue weighted by Crippen LogP contribution is -2.21. The van der Waals surface area contributed by atoms with Crippen LogP contribution < -0.4 is 10.1 Å². The Labute approximate surface area is 119 Å². The van der Waals surface area contributed by atoms with E-state index in [-0.39, 0.29) is 11.9 Å². The summed E-state index contributed by atoms with van der Waals surface area (Å²) in [6, 6.07) is 14.9. The summed E-state index contributed by atoms with van der Waals surface area (Å²) in [5.41, 5.74) is 2.14. The Kier molecular flexibility index (Phi) is 5.13. The van der Waals surface area contributed by atoms with Gasteiger partial charge in [0.15, 0.2) is 0 Å². The van der Waals surface area contributed by atoms with E-state index in [1.54, 1.807) is 19.2 Å². The van der Waals surface area contributed by atoms with E-state index < -0.39 is 0 Å². The van der Waals surface area contributed by atoms with Gasteiger partial charge in [0.2, 0.25) is 0 Å². The van der Waals surface area contributed by atoms with Gasteiger partial charge >= 0.3 is 0 Å². The van der Waals surface area contributed by atoms with Crippen molar-refractivity contribution in [3.05, 3.63) is 65.5 Å². The van der Waals surface area contributed by atoms with Gasteiger partial charge in [-0.3, -0.25) is 0 Å². The molecular weight excluding hydrogens is 253 g/mol. The molecule has 1 unspecified atom stereocenters. The highest BCUT2D eigenvalue weighted by molar-refractivity contribution is 5.35. The number of hydrogen-bond donors (Lipinski definition) is 1. The largest absolute Gasteiger partial charge is 0.496 e. The van der Waals surface area contributed by atoms with E-state index in [1.807, 2.05) is 24.3 Å². The number of ether oxygens (including phenoxy) is 1. The van der Waals surface area contributed by atoms with E-state index >= 15 is 0 Å². The molecule has 0 saturated heterocycles. The first kappa shape index (κ1) is 14.5. The summed E-state index contributed by atoms with van der Waals surface area (Å²) in [4.78, 5) is 0. The minimum Gasteiger partial charge on any atom is -0.496 e. The topological polar surface area (TPSA) is 21.3 Å². The summed E-state index contributed by atoms with van der Waals surface area (Å²) in [6.45, 7) is 2.89. The lowest BCUT2D eigenvalue weighted by Gasteiger charge is -2.17. The Morgan fingerprint density at radius 2 is 1.95 bits per heavy atom. The molecule has 0 radical (unpaired) electrons. The third-order valence-electron chi connectivity index (χ3n) is 3.36. The third kappa shape index (κ3) is 3.81. The van der Waals surface area contributed by atoms with Gasteiger partial charge < -0.3 is 10.1 Å². The van der Waals surface area contributed by atoms with Crippen molar-refractivity contribution in [1.29, 1.82) is 0 Å². The summed E-state index contributed by atoms with van der Waals surface area (Å²) < 4.78 is 18.4. The average Bonchev–Trinajstić information content (AvgIpc) is 2.47. The molecule has 1 atom stereocenters. The van der Waals surface area contributed by atoms with Crippen LogP contribution in [0.2, 0.25) is 0 Å². The minimum atomic E-state index is -0.180. The highest BCUT2D eigenvalue weighted by Crippen LogP contribution is 2.24. The average molecular weight is 273 g/mol. The van der Waals surface area contributed by atoms with Crippen molar-refractivity contribution >= 4 is 0 Å². The van der Waals surface area contributed by atoms with Gasteiger partial charge in [-0.2, -0.15) is 0 Å². The van der Waals surface area contributed by atoms with Crippen LogP contribution in [0.1, 0.15) is 24.1 Å². The van der Waals surface area contributed by atoms with Crippen molar-refractivity contribution in [2.45, 2.75) is 19.4 Å². The number of methoxy groups -OCH3 is 1. The van der Waals surface area contributed by atoms with E-state index in [0.29, 0.717) is 0 Å². The SMILES string of the molecule is COc1ccccc1C(C)NCCc1cccc(F)c1. The zero-order valence-electron chi connectivity index (χ0n) is 11.9. The Hall–Kier alpha value is -1.87. The Morgan fingerprint density at radius 3 is 2.70 bits per heavy atom. The molecule has 0 bridgehead atoms. The van der Waals surface area contributed by atoms with Gasteiger partial charge in [0.1, 0.15) is 11.6 Å². The van der Waals surface area contributed by atoms with E-state index in [9.17, 15) is 4.39 Å². The fraction of sp³-hybridized carbons (Fsp3) is 0.294. The van der Waals surface area contributed by atoms with Gasteiger partial charge in [0, 0.05) is 11.6 Å². The predicted molar refractivity (Wildman–Crippen MR) is 79.5 cm³/mol. The fourth-order valence-electron chi connectivity index (χ4n) is 2.26. The summed E-state index contributed by atoms with van der Waals surface area (Å²) in [7, 11) is 1.68. The molecular formula is C17H20FNO. The van der Waals surface area contributed by atoms with Gasteiger partial charge in [0.25, 0.3) is 0 Å². The van der Waals surface area contributed by atoms with Crippen molar-refractivity contribution < 1.29 is 9.13 Å². The number of benzene rings is 2. The van der Waals surface area contributed by atoms with E-state index in [2.05, 4.69) is 18.3 Å². The second-order valence-electron chi connectivity index (χ2n) is 4.80. The van der Waals surface area contributed by atoms with Gasteiger partial charge in [-0.05, 0) is 43.7 Å². The molecule has 20 heavy (non-hydrogen) atoms. The monoisotopic (exact) mass is 273 g/mol. The van der Waals surface area contributed by atoms with Gasteiger partial charge in [-0.1, -0.05) is 30.3 Å². The first-order valence-corrected chi connectivity index (χ1v) is 6.81. The quantitative estimate of drug-likeness (QED) is 0.866. The van der Waals surface area contributed by atoms with Crippen molar-refractivity contribution in [3.8, 4) is 5.75 Å². The Morgan fingerprint density at radius 1 is 1.15 bits per heavy atom. The molecule has 106 valence electrons. The zero-order valence-corrected chi connectivity index (χ0v) is 11.9. The molecule has 0 amide bonds. The molecule has 3 heteroatoms. The van der Waals surface area contributed by atoms with E-state index in [0.717, 1.165) is 29.8 Å². The number of rotatable bonds is 6. The standard InChI is InChI=1S/C17H20FNO/c1-13(16-8-3-4-9-17(16)20-2)19-11-10-14-6-5-7-15(18)12-14/h3-9,12-13,19H,10-11H2,1-2H3. The second kappa shape index (κ2) is 7.06. The van der Waals surface area contributed by atoms with Crippen LogP contribution >= 0.6 is 0 Å². The number of halogens is 1. The van der Waals surface area contributed by atoms with Gasteiger partial charge in [-0.25, -0.2) is 4.39 Å². The first-order valence-electron chi connectivity index (χ1n) is 6.81. The highest BCUT2D eigenvalue weighted by Gasteiger charge is 2.09. The molecule has 0 aliphatic rings. The molecule has 2 nitrogen and oxygen atoms in total. The van der Waals surface area contributed by atoms with Crippen molar-refractivity contribution in [2.75, 3.05) is 13.7 Å². The van der Waals surface area contributed by atoms with Crippen molar-refractivity contribution in [3.63, 3.8) is 0 Å². The molecule has 0 saturated carbocycles. The molecule has 0 fully saturated rings. The first-order chi connectivity index (χ1) is 9.70. The van der Waals surface area contributed by atoms with E-state index in [4.69, 9.17) is 4.74 Å². The summed E-state index contributed by atoms with van der Waals surface area (Å²) in [6.07, 6.45) is 0.803. The van der Waals surface area contributed by atoms with Crippen LogP contribution in [0.25, 0.3) is 0 Å². The lowest BCUT2D eigenvalue weighted by atomic mass is 10.1. The van der Waals surface area contributed by atoms with Crippen LogP contribution in [0.4, 0.5) is 4.39 Å². The summed E-state index contributed by atoms with van der Waals surface area (Å²) in [5, 5.41) is 3.44. The maximum Gasteiger partial charge on any atom is 0.123 e. The smallest absolute Gasteiger partial charge is 0.123 e. The van der Waals surface area contributed by atoms with Crippen molar-refractivity contribution in [1.82, 2.24) is 5.32 Å². The van der Waals surface area contributed by atoms with Crippen LogP contribution in [-0.4, -0.2) is 13.7 Å². The number of nitrogens with one attached hydrogen (secondary N) is 1. The fourth-order valence-corrected chi connectivity index (χ4v) is 2.26. The maximum atomic E-state index is 13.1. The molecule has 2 rings (SSSR count). The normalized spacial score (nSPS) is 12.2. The highest BCUT2D eigenvalue weighted by atomic mass is 19.1. The van der Waals surface area contributed by atoms with Gasteiger partial charge in [-0.15, -0.1) is 0 Å². The summed E-state index contributed by atoms with van der Waals surface area (Å²) in [5.74, 6) is 0.707. The minimum absolute atomic E-state index is 0.180. The van der Waals surface area contributed by atoms with Crippen LogP contribution in [0, 0.1) is 5.82 Å². The molecule has 0 aliphatic carbocycles. The second-order valence-corrected chi connectivity index (χ2v) is 4.80. The van der Waals surface area contributed by atoms with Crippen LogP contribution in [0.5, 0.6) is 5.75 Å². The maximum absolute atomic E-state index is 13.1. The molecule has 2 aromatic rings. The van der Waals surface area contributed by atoms with Crippen LogP contribution in [-0.2, 0) is 6.42 Å². The third-order valence-corrected chi connectivity index (χ3v) is 3.36. The molecule has 0 heterocycles. The summed E-state index contributed by atoms with van der Waals surface area (Å²) >= 11 is 0. The molecule has 1 N–H and O–H groups in total. The molecule has 0 aromatic heterocycles. The lowest BCUT2D eigenvalue weighted by molar-refractivity contribution is 0.402. The predicted octanol–water partition coefficient (Wildman–Crippen LogP) is 3.73. The molecule has 2 aromatic carbocycles. The van der Waals surface area contributed by atoms with Gasteiger partial charge in [0.05, 0.1) is 7.11 Å². The van der Waals surface area contributed by atoms with Crippen LogP contribution in [0.15, 0.2) is 48.5 Å². The van der Waals surface area contributed by atoms with E-state index in [1.165, 1.54) is 6.07 Å².